The standard InChI is InChI=1S/C11H12FN3O2S/c1-14(2)15-9-4-3-7(12)5-8(9)13-11(15)18-6-10(16)17/h3-5H,6H2,1-2H3,(H,16,17). The molecule has 2 rings (SSSR count). The van der Waals surface area contributed by atoms with Gasteiger partial charge in [-0.2, -0.15) is 0 Å². The van der Waals surface area contributed by atoms with Gasteiger partial charge in [0.15, 0.2) is 5.16 Å². The van der Waals surface area contributed by atoms with Crippen LogP contribution in [0.3, 0.4) is 0 Å². The number of aliphatic carboxylic acids is 1. The van der Waals surface area contributed by atoms with Crippen LogP contribution in [0.25, 0.3) is 11.0 Å². The third-order valence-corrected chi connectivity index (χ3v) is 3.20. The van der Waals surface area contributed by atoms with Gasteiger partial charge in [0.05, 0.1) is 16.8 Å². The molecule has 0 saturated carbocycles. The lowest BCUT2D eigenvalue weighted by molar-refractivity contribution is -0.133. The first-order valence-electron chi connectivity index (χ1n) is 5.19. The lowest BCUT2D eigenvalue weighted by Gasteiger charge is -2.17. The fourth-order valence-electron chi connectivity index (χ4n) is 1.62. The molecule has 0 aliphatic carbocycles. The monoisotopic (exact) mass is 269 g/mol. The van der Waals surface area contributed by atoms with Gasteiger partial charge in [0, 0.05) is 20.2 Å². The molecule has 1 heterocycles. The largest absolute Gasteiger partial charge is 0.481 e. The van der Waals surface area contributed by atoms with Gasteiger partial charge in [0.25, 0.3) is 0 Å². The number of halogens is 1. The maximum atomic E-state index is 13.1. The predicted molar refractivity (Wildman–Crippen MR) is 68.1 cm³/mol. The van der Waals surface area contributed by atoms with Gasteiger partial charge in [-0.15, -0.1) is 0 Å². The van der Waals surface area contributed by atoms with Crippen LogP contribution in [0.1, 0.15) is 0 Å². The summed E-state index contributed by atoms with van der Waals surface area (Å²) in [6.45, 7) is 0. The van der Waals surface area contributed by atoms with Gasteiger partial charge >= 0.3 is 5.97 Å². The minimum atomic E-state index is -0.913. The SMILES string of the molecule is CN(C)n1c(SCC(=O)O)nc2cc(F)ccc21. The molecule has 0 spiro atoms. The predicted octanol–water partition coefficient (Wildman–Crippen LogP) is 1.55. The number of nitrogens with zero attached hydrogens (tertiary/aromatic N) is 3. The van der Waals surface area contributed by atoms with E-state index in [9.17, 15) is 9.18 Å². The Morgan fingerprint density at radius 1 is 1.56 bits per heavy atom. The van der Waals surface area contributed by atoms with Crippen molar-refractivity contribution < 1.29 is 14.3 Å². The van der Waals surface area contributed by atoms with Crippen LogP contribution in [0, 0.1) is 5.82 Å². The van der Waals surface area contributed by atoms with Gasteiger partial charge in [-0.3, -0.25) is 4.79 Å². The van der Waals surface area contributed by atoms with Crippen LogP contribution in [0.4, 0.5) is 4.39 Å². The van der Waals surface area contributed by atoms with Crippen molar-refractivity contribution in [3.63, 3.8) is 0 Å². The second-order valence-electron chi connectivity index (χ2n) is 3.87. The second-order valence-corrected chi connectivity index (χ2v) is 4.81. The number of rotatable bonds is 4. The number of benzene rings is 1. The van der Waals surface area contributed by atoms with E-state index in [1.54, 1.807) is 15.8 Å². The van der Waals surface area contributed by atoms with E-state index in [0.717, 1.165) is 17.3 Å². The summed E-state index contributed by atoms with van der Waals surface area (Å²) in [5, 5.41) is 11.0. The van der Waals surface area contributed by atoms with Crippen LogP contribution in [-0.2, 0) is 4.79 Å². The Labute approximate surface area is 107 Å². The highest BCUT2D eigenvalue weighted by Crippen LogP contribution is 2.24. The fourth-order valence-corrected chi connectivity index (χ4v) is 2.42. The lowest BCUT2D eigenvalue weighted by atomic mass is 10.3. The van der Waals surface area contributed by atoms with Gasteiger partial charge in [0.1, 0.15) is 5.82 Å². The minimum Gasteiger partial charge on any atom is -0.481 e. The van der Waals surface area contributed by atoms with Crippen LogP contribution >= 0.6 is 11.8 Å². The van der Waals surface area contributed by atoms with Crippen LogP contribution in [-0.4, -0.2) is 40.6 Å². The topological polar surface area (TPSA) is 58.4 Å². The van der Waals surface area contributed by atoms with Crippen molar-refractivity contribution in [1.82, 2.24) is 9.66 Å². The Morgan fingerprint density at radius 3 is 2.89 bits per heavy atom. The summed E-state index contributed by atoms with van der Waals surface area (Å²) in [6.07, 6.45) is 0. The average Bonchev–Trinajstić information content (AvgIpc) is 2.63. The minimum absolute atomic E-state index is 0.0837. The molecule has 1 aromatic carbocycles. The molecule has 0 unspecified atom stereocenters. The molecule has 0 bridgehead atoms. The van der Waals surface area contributed by atoms with E-state index in [0.29, 0.717) is 10.7 Å². The Kier molecular flexibility index (Phi) is 3.42. The Bertz CT molecular complexity index is 597. The first-order chi connectivity index (χ1) is 8.49. The van der Waals surface area contributed by atoms with E-state index < -0.39 is 5.97 Å². The number of carboxylic acids is 1. The van der Waals surface area contributed by atoms with Crippen molar-refractivity contribution in [2.75, 3.05) is 24.9 Å². The van der Waals surface area contributed by atoms with Gasteiger partial charge < -0.3 is 10.1 Å². The van der Waals surface area contributed by atoms with E-state index in [1.165, 1.54) is 12.1 Å². The van der Waals surface area contributed by atoms with Crippen molar-refractivity contribution >= 4 is 28.8 Å². The third-order valence-electron chi connectivity index (χ3n) is 2.29. The number of fused-ring (bicyclic) bond motifs is 1. The molecular formula is C11H12FN3O2S. The maximum absolute atomic E-state index is 13.1. The molecule has 0 amide bonds. The lowest BCUT2D eigenvalue weighted by Crippen LogP contribution is -2.25. The van der Waals surface area contributed by atoms with Crippen LogP contribution in [0.15, 0.2) is 23.4 Å². The maximum Gasteiger partial charge on any atom is 0.313 e. The smallest absolute Gasteiger partial charge is 0.313 e. The normalized spacial score (nSPS) is 10.8. The van der Waals surface area contributed by atoms with E-state index in [-0.39, 0.29) is 11.6 Å². The molecule has 2 aromatic rings. The summed E-state index contributed by atoms with van der Waals surface area (Å²) in [4.78, 5) is 14.8. The number of thioether (sulfide) groups is 1. The van der Waals surface area contributed by atoms with E-state index >= 15 is 0 Å². The van der Waals surface area contributed by atoms with Gasteiger partial charge in [0.2, 0.25) is 0 Å². The van der Waals surface area contributed by atoms with Gasteiger partial charge in [-0.1, -0.05) is 11.8 Å². The van der Waals surface area contributed by atoms with E-state index in [1.807, 2.05) is 14.1 Å². The zero-order chi connectivity index (χ0) is 13.3. The highest BCUT2D eigenvalue weighted by Gasteiger charge is 2.14. The van der Waals surface area contributed by atoms with Crippen molar-refractivity contribution in [2.24, 2.45) is 0 Å². The summed E-state index contributed by atoms with van der Waals surface area (Å²) in [7, 11) is 3.63. The molecule has 5 nitrogen and oxygen atoms in total. The third kappa shape index (κ3) is 2.40. The average molecular weight is 269 g/mol. The molecule has 0 aliphatic heterocycles. The van der Waals surface area contributed by atoms with Crippen molar-refractivity contribution in [3.05, 3.63) is 24.0 Å². The van der Waals surface area contributed by atoms with Gasteiger partial charge in [-0.25, -0.2) is 14.1 Å². The Morgan fingerprint density at radius 2 is 2.28 bits per heavy atom. The summed E-state index contributed by atoms with van der Waals surface area (Å²) in [5.41, 5.74) is 1.26. The number of hydrogen-bond acceptors (Lipinski definition) is 4. The molecule has 18 heavy (non-hydrogen) atoms. The number of aromatic nitrogens is 2. The molecule has 0 fully saturated rings. The van der Waals surface area contributed by atoms with Crippen molar-refractivity contribution in [1.29, 1.82) is 0 Å². The summed E-state index contributed by atoms with van der Waals surface area (Å²) in [6, 6.07) is 4.32. The summed E-state index contributed by atoms with van der Waals surface area (Å²) in [5.74, 6) is -1.36. The molecule has 1 aromatic heterocycles. The molecule has 0 saturated heterocycles. The number of carbonyl (C=O) groups is 1. The molecule has 0 aliphatic rings. The zero-order valence-corrected chi connectivity index (χ0v) is 10.7. The molecule has 0 radical (unpaired) electrons. The summed E-state index contributed by atoms with van der Waals surface area (Å²) < 4.78 is 14.9. The molecule has 7 heteroatoms. The highest BCUT2D eigenvalue weighted by molar-refractivity contribution is 7.99. The zero-order valence-electron chi connectivity index (χ0n) is 9.92. The van der Waals surface area contributed by atoms with Crippen LogP contribution in [0.2, 0.25) is 0 Å². The van der Waals surface area contributed by atoms with Crippen molar-refractivity contribution in [3.8, 4) is 0 Å². The number of carboxylic acid groups (broad SMARTS) is 1. The highest BCUT2D eigenvalue weighted by atomic mass is 32.2. The molecular weight excluding hydrogens is 257 g/mol. The van der Waals surface area contributed by atoms with Gasteiger partial charge in [-0.05, 0) is 12.1 Å². The Hall–Kier alpha value is -1.76. The molecule has 96 valence electrons. The molecule has 1 N–H and O–H groups in total. The first kappa shape index (κ1) is 12.7. The summed E-state index contributed by atoms with van der Waals surface area (Å²) >= 11 is 1.10. The first-order valence-corrected chi connectivity index (χ1v) is 6.18. The van der Waals surface area contributed by atoms with E-state index in [4.69, 9.17) is 5.11 Å². The van der Waals surface area contributed by atoms with Crippen molar-refractivity contribution in [2.45, 2.75) is 5.16 Å². The molecule has 0 atom stereocenters. The Balaban J connectivity index is 2.50. The van der Waals surface area contributed by atoms with E-state index in [2.05, 4.69) is 4.98 Å². The quantitative estimate of drug-likeness (QED) is 0.853. The number of hydrogen-bond donors (Lipinski definition) is 1. The fraction of sp³-hybridized carbons (Fsp3) is 0.273. The second kappa shape index (κ2) is 4.85. The van der Waals surface area contributed by atoms with Crippen LogP contribution in [0.5, 0.6) is 0 Å². The number of imidazole rings is 1. The van der Waals surface area contributed by atoms with Crippen LogP contribution < -0.4 is 5.01 Å².